The zero-order valence-corrected chi connectivity index (χ0v) is 16.7. The largest absolute Gasteiger partial charge is 0.673 e. The Kier molecular flexibility index (Phi) is 9.57. The molecule has 2 aromatic rings. The predicted molar refractivity (Wildman–Crippen MR) is 92.7 cm³/mol. The highest BCUT2D eigenvalue weighted by atomic mass is 35.5. The van der Waals surface area contributed by atoms with E-state index in [1.165, 1.54) is 6.26 Å². The van der Waals surface area contributed by atoms with Crippen LogP contribution >= 0.6 is 11.6 Å². The minimum Gasteiger partial charge on any atom is -0.418 e. The topological polar surface area (TPSA) is 41.9 Å². The smallest absolute Gasteiger partial charge is 0.418 e. The first-order valence-electron chi connectivity index (χ1n) is 7.40. The van der Waals surface area contributed by atoms with Crippen LogP contribution in [0.15, 0.2) is 41.7 Å². The Morgan fingerprint density at radius 2 is 1.14 bits per heavy atom. The molecule has 0 spiro atoms. The van der Waals surface area contributed by atoms with Gasteiger partial charge in [0.25, 0.3) is 5.15 Å². The predicted octanol–water partition coefficient (Wildman–Crippen LogP) is 3.66. The summed E-state index contributed by atoms with van der Waals surface area (Å²) in [5, 5.41) is 0.752. The van der Waals surface area contributed by atoms with Gasteiger partial charge in [-0.3, -0.25) is 0 Å². The SMILES string of the molecule is C[n+]1cccc(-c2ccc[n+](C)c2S(C)(=O)=O)c1Cl.F[B-](F)(F)F.F[B-](F)(F)F. The summed E-state index contributed by atoms with van der Waals surface area (Å²) in [6, 6.07) is 7.21. The van der Waals surface area contributed by atoms with Gasteiger partial charge in [0.05, 0.1) is 11.1 Å². The Balaban J connectivity index is 0.000000653. The van der Waals surface area contributed by atoms with Gasteiger partial charge in [0.1, 0.15) is 14.1 Å². The third kappa shape index (κ3) is 11.6. The van der Waals surface area contributed by atoms with Crippen LogP contribution in [-0.4, -0.2) is 29.2 Å². The summed E-state index contributed by atoms with van der Waals surface area (Å²) in [5.74, 6) is 0. The molecule has 4 nitrogen and oxygen atoms in total. The summed E-state index contributed by atoms with van der Waals surface area (Å²) in [6.07, 6.45) is 4.72. The molecule has 164 valence electrons. The standard InChI is InChI=1S/C13H15ClN2O2S.2BF4/c1-15-8-4-6-10(12(15)14)11-7-5-9-16(2)13(11)19(3,17)18;2*2-1(3,4)5/h4-9H,1-3H3;;/q+2;2*-1. The Hall–Kier alpha value is -1.89. The average molecular weight is 472 g/mol. The van der Waals surface area contributed by atoms with Crippen LogP contribution in [0.2, 0.25) is 5.15 Å². The van der Waals surface area contributed by atoms with Crippen LogP contribution in [0.25, 0.3) is 11.1 Å². The number of halogens is 9. The molecule has 0 radical (unpaired) electrons. The van der Waals surface area contributed by atoms with Gasteiger partial charge in [0.2, 0.25) is 9.84 Å². The summed E-state index contributed by atoms with van der Waals surface area (Å²) in [7, 11) is -11.8. The van der Waals surface area contributed by atoms with E-state index in [0.29, 0.717) is 16.3 Å². The molecule has 16 heteroatoms. The number of pyridine rings is 2. The highest BCUT2D eigenvalue weighted by molar-refractivity contribution is 7.90. The number of aryl methyl sites for hydroxylation is 2. The zero-order valence-electron chi connectivity index (χ0n) is 15.1. The normalized spacial score (nSPS) is 11.7. The Morgan fingerprint density at radius 1 is 0.793 bits per heavy atom. The van der Waals surface area contributed by atoms with Gasteiger partial charge in [0, 0.05) is 18.4 Å². The van der Waals surface area contributed by atoms with Crippen LogP contribution < -0.4 is 9.13 Å². The van der Waals surface area contributed by atoms with Crippen LogP contribution in [0.5, 0.6) is 0 Å². The van der Waals surface area contributed by atoms with Gasteiger partial charge in [0.15, 0.2) is 12.4 Å². The second kappa shape index (κ2) is 10.2. The first kappa shape index (κ1) is 27.1. The van der Waals surface area contributed by atoms with Crippen molar-refractivity contribution in [2.75, 3.05) is 6.26 Å². The van der Waals surface area contributed by atoms with Crippen molar-refractivity contribution < 1.29 is 52.1 Å². The first-order valence-corrected chi connectivity index (χ1v) is 9.67. The van der Waals surface area contributed by atoms with E-state index in [-0.39, 0.29) is 5.03 Å². The Labute approximate surface area is 166 Å². The van der Waals surface area contributed by atoms with Crippen LogP contribution in [0.3, 0.4) is 0 Å². The van der Waals surface area contributed by atoms with Gasteiger partial charge in [-0.1, -0.05) is 0 Å². The Morgan fingerprint density at radius 3 is 1.52 bits per heavy atom. The number of sulfone groups is 1. The molecule has 0 aliphatic heterocycles. The molecule has 0 aromatic carbocycles. The molecule has 2 aromatic heterocycles. The number of rotatable bonds is 2. The van der Waals surface area contributed by atoms with E-state index in [2.05, 4.69) is 0 Å². The van der Waals surface area contributed by atoms with E-state index in [9.17, 15) is 42.9 Å². The average Bonchev–Trinajstić information content (AvgIpc) is 2.45. The molecule has 0 saturated heterocycles. The zero-order chi connectivity index (χ0) is 23.2. The van der Waals surface area contributed by atoms with Gasteiger partial charge < -0.3 is 34.5 Å². The second-order valence-electron chi connectivity index (χ2n) is 5.42. The van der Waals surface area contributed by atoms with Crippen molar-refractivity contribution in [3.8, 4) is 11.1 Å². The molecule has 0 amide bonds. The third-order valence-corrected chi connectivity index (χ3v) is 4.55. The molecule has 29 heavy (non-hydrogen) atoms. The van der Waals surface area contributed by atoms with Gasteiger partial charge in [-0.05, 0) is 23.7 Å². The lowest BCUT2D eigenvalue weighted by Crippen LogP contribution is -2.36. The molecule has 2 rings (SSSR count). The molecule has 0 N–H and O–H groups in total. The fourth-order valence-electron chi connectivity index (χ4n) is 2.06. The maximum atomic E-state index is 12.0. The molecule has 0 saturated carbocycles. The van der Waals surface area contributed by atoms with E-state index < -0.39 is 24.3 Å². The molecule has 0 fully saturated rings. The van der Waals surface area contributed by atoms with Crippen molar-refractivity contribution in [1.29, 1.82) is 0 Å². The second-order valence-corrected chi connectivity index (χ2v) is 7.71. The summed E-state index contributed by atoms with van der Waals surface area (Å²) >= 11 is 6.26. The molecule has 0 atom stereocenters. The van der Waals surface area contributed by atoms with E-state index in [1.807, 2.05) is 25.4 Å². The van der Waals surface area contributed by atoms with Crippen LogP contribution in [0.4, 0.5) is 34.5 Å². The van der Waals surface area contributed by atoms with Crippen LogP contribution in [0.1, 0.15) is 0 Å². The monoisotopic (exact) mass is 472 g/mol. The fraction of sp³-hybridized carbons (Fsp3) is 0.231. The van der Waals surface area contributed by atoms with Gasteiger partial charge in [-0.2, -0.15) is 9.13 Å². The summed E-state index contributed by atoms with van der Waals surface area (Å²) in [4.78, 5) is 0. The maximum absolute atomic E-state index is 12.0. The number of aromatic nitrogens is 2. The van der Waals surface area contributed by atoms with Gasteiger partial charge >= 0.3 is 19.5 Å². The number of hydrogen-bond donors (Lipinski definition) is 0. The maximum Gasteiger partial charge on any atom is 0.673 e. The molecular weight excluding hydrogens is 457 g/mol. The van der Waals surface area contributed by atoms with Crippen molar-refractivity contribution in [1.82, 2.24) is 0 Å². The van der Waals surface area contributed by atoms with E-state index >= 15 is 0 Å². The number of nitrogens with zero attached hydrogens (tertiary/aromatic N) is 2. The van der Waals surface area contributed by atoms with E-state index in [4.69, 9.17) is 11.6 Å². The molecule has 0 aliphatic rings. The lowest BCUT2D eigenvalue weighted by Gasteiger charge is -2.06. The summed E-state index contributed by atoms with van der Waals surface area (Å²) < 4.78 is 105. The first-order chi connectivity index (χ1) is 12.8. The minimum atomic E-state index is -6.00. The molecule has 0 aliphatic carbocycles. The lowest BCUT2D eigenvalue weighted by molar-refractivity contribution is -0.709. The highest BCUT2D eigenvalue weighted by Crippen LogP contribution is 2.28. The summed E-state index contributed by atoms with van der Waals surface area (Å²) in [5.41, 5.74) is 1.30. The number of hydrogen-bond acceptors (Lipinski definition) is 2. The molecular formula is C13H15B2ClF8N2O2S. The summed E-state index contributed by atoms with van der Waals surface area (Å²) in [6.45, 7) is 0. The van der Waals surface area contributed by atoms with Crippen molar-refractivity contribution in [3.63, 3.8) is 0 Å². The quantitative estimate of drug-likeness (QED) is 0.290. The van der Waals surface area contributed by atoms with Crippen molar-refractivity contribution in [2.45, 2.75) is 5.03 Å². The highest BCUT2D eigenvalue weighted by Gasteiger charge is 2.28. The fourth-order valence-corrected chi connectivity index (χ4v) is 3.44. The van der Waals surface area contributed by atoms with Gasteiger partial charge in [-0.15, -0.1) is 0 Å². The van der Waals surface area contributed by atoms with E-state index in [0.717, 1.165) is 0 Å². The molecule has 0 bridgehead atoms. The van der Waals surface area contributed by atoms with Crippen molar-refractivity contribution >= 4 is 35.9 Å². The molecule has 2 heterocycles. The van der Waals surface area contributed by atoms with Crippen LogP contribution in [-0.2, 0) is 23.9 Å². The van der Waals surface area contributed by atoms with E-state index in [1.54, 1.807) is 34.5 Å². The van der Waals surface area contributed by atoms with Gasteiger partial charge in [-0.25, -0.2) is 8.42 Å². The van der Waals surface area contributed by atoms with Crippen molar-refractivity contribution in [3.05, 3.63) is 41.8 Å². The minimum absolute atomic E-state index is 0.253. The van der Waals surface area contributed by atoms with Crippen LogP contribution in [0, 0.1) is 0 Å². The molecule has 0 unspecified atom stereocenters. The Bertz CT molecular complexity index is 915. The van der Waals surface area contributed by atoms with Crippen molar-refractivity contribution in [2.24, 2.45) is 14.1 Å². The lowest BCUT2D eigenvalue weighted by atomic mass is 10.1. The third-order valence-electron chi connectivity index (χ3n) is 2.87.